The number of para-hydroxylation sites is 1. The number of anilines is 1. The molecule has 0 fully saturated rings. The van der Waals surface area contributed by atoms with E-state index in [9.17, 15) is 14.0 Å². The van der Waals surface area contributed by atoms with Crippen molar-refractivity contribution in [2.45, 2.75) is 19.4 Å². The number of hydrogen-bond acceptors (Lipinski definition) is 3. The van der Waals surface area contributed by atoms with Crippen molar-refractivity contribution in [2.24, 2.45) is 0 Å². The van der Waals surface area contributed by atoms with E-state index in [1.165, 1.54) is 17.0 Å². The molecular weight excluding hydrogens is 519 g/mol. The Balaban J connectivity index is 1.50. The van der Waals surface area contributed by atoms with Gasteiger partial charge in [-0.2, -0.15) is 0 Å². The van der Waals surface area contributed by atoms with Gasteiger partial charge >= 0.3 is 6.03 Å². The zero-order chi connectivity index (χ0) is 27.6. The Bertz CT molecular complexity index is 1380. The Morgan fingerprint density at radius 2 is 1.72 bits per heavy atom. The van der Waals surface area contributed by atoms with Gasteiger partial charge in [0.25, 0.3) is 0 Å². The summed E-state index contributed by atoms with van der Waals surface area (Å²) in [5, 5.41) is 4.51. The molecule has 0 aliphatic heterocycles. The summed E-state index contributed by atoms with van der Waals surface area (Å²) >= 11 is 5.96. The van der Waals surface area contributed by atoms with Crippen molar-refractivity contribution in [3.05, 3.63) is 101 Å². The standard InChI is InChI=1S/C30H32ClFN4O3/c1-39-18-4-16-36(30(38)34-26-13-9-24(31)10-14-26)21-29(37)35(20-22-7-11-25(32)12-8-22)17-15-23-19-33-28-6-3-2-5-27(23)28/h2-3,5-14,19,33H,4,15-18,20-21H2,1H3,(H,34,38). The lowest BCUT2D eigenvalue weighted by molar-refractivity contribution is -0.132. The molecule has 0 saturated carbocycles. The van der Waals surface area contributed by atoms with Crippen LogP contribution in [0.4, 0.5) is 14.9 Å². The van der Waals surface area contributed by atoms with Crippen LogP contribution in [0.2, 0.25) is 5.02 Å². The number of carbonyl (C=O) groups is 2. The summed E-state index contributed by atoms with van der Waals surface area (Å²) in [5.74, 6) is -0.540. The number of nitrogens with zero attached hydrogens (tertiary/aromatic N) is 2. The summed E-state index contributed by atoms with van der Waals surface area (Å²) in [6.07, 6.45) is 3.16. The summed E-state index contributed by atoms with van der Waals surface area (Å²) in [7, 11) is 1.60. The van der Waals surface area contributed by atoms with Crippen molar-refractivity contribution < 1.29 is 18.7 Å². The number of amides is 3. The SMILES string of the molecule is COCCCN(CC(=O)N(CCc1c[nH]c2ccccc12)Cc1ccc(F)cc1)C(=O)Nc1ccc(Cl)cc1. The minimum atomic E-state index is -0.389. The maximum atomic E-state index is 13.7. The minimum absolute atomic E-state index is 0.113. The number of ether oxygens (including phenoxy) is 1. The number of nitrogens with one attached hydrogen (secondary N) is 2. The lowest BCUT2D eigenvalue weighted by atomic mass is 10.1. The second-order valence-corrected chi connectivity index (χ2v) is 9.69. The van der Waals surface area contributed by atoms with E-state index in [1.54, 1.807) is 48.4 Å². The number of fused-ring (bicyclic) bond motifs is 1. The number of methoxy groups -OCH3 is 1. The minimum Gasteiger partial charge on any atom is -0.385 e. The first kappa shape index (κ1) is 28.1. The quantitative estimate of drug-likeness (QED) is 0.209. The molecule has 4 aromatic rings. The highest BCUT2D eigenvalue weighted by Gasteiger charge is 2.22. The molecule has 1 heterocycles. The zero-order valence-corrected chi connectivity index (χ0v) is 22.6. The highest BCUT2D eigenvalue weighted by molar-refractivity contribution is 6.30. The van der Waals surface area contributed by atoms with Crippen molar-refractivity contribution in [1.82, 2.24) is 14.8 Å². The Hall–Kier alpha value is -3.88. The number of aromatic nitrogens is 1. The normalized spacial score (nSPS) is 10.9. The molecule has 7 nitrogen and oxygen atoms in total. The molecule has 0 bridgehead atoms. The molecule has 1 aromatic heterocycles. The van der Waals surface area contributed by atoms with Crippen LogP contribution in [0.25, 0.3) is 10.9 Å². The molecule has 0 atom stereocenters. The van der Waals surface area contributed by atoms with Gasteiger partial charge in [-0.05, 0) is 66.4 Å². The van der Waals surface area contributed by atoms with Gasteiger partial charge in [0.2, 0.25) is 5.91 Å². The lowest BCUT2D eigenvalue weighted by Crippen LogP contribution is -2.45. The molecular formula is C30H32ClFN4O3. The molecule has 9 heteroatoms. The average Bonchev–Trinajstić information content (AvgIpc) is 3.36. The molecule has 39 heavy (non-hydrogen) atoms. The first-order valence-electron chi connectivity index (χ1n) is 12.8. The molecule has 0 spiro atoms. The third-order valence-corrected chi connectivity index (χ3v) is 6.70. The van der Waals surface area contributed by atoms with E-state index in [0.29, 0.717) is 49.8 Å². The van der Waals surface area contributed by atoms with Crippen LogP contribution < -0.4 is 5.32 Å². The second-order valence-electron chi connectivity index (χ2n) is 9.26. The van der Waals surface area contributed by atoms with Crippen LogP contribution in [-0.4, -0.2) is 60.1 Å². The van der Waals surface area contributed by atoms with Gasteiger partial charge in [-0.3, -0.25) is 4.79 Å². The molecule has 0 radical (unpaired) electrons. The van der Waals surface area contributed by atoms with E-state index in [1.807, 2.05) is 30.5 Å². The van der Waals surface area contributed by atoms with Gasteiger partial charge in [0.1, 0.15) is 12.4 Å². The largest absolute Gasteiger partial charge is 0.385 e. The molecule has 0 aliphatic carbocycles. The number of hydrogen-bond donors (Lipinski definition) is 2. The van der Waals surface area contributed by atoms with Crippen LogP contribution in [0.5, 0.6) is 0 Å². The Kier molecular flexibility index (Phi) is 9.94. The molecule has 0 saturated heterocycles. The van der Waals surface area contributed by atoms with Gasteiger partial charge in [-0.15, -0.1) is 0 Å². The Morgan fingerprint density at radius 1 is 0.974 bits per heavy atom. The number of carbonyl (C=O) groups excluding carboxylic acids is 2. The van der Waals surface area contributed by atoms with E-state index in [-0.39, 0.29) is 24.3 Å². The van der Waals surface area contributed by atoms with Gasteiger partial charge in [0, 0.05) is 61.2 Å². The zero-order valence-electron chi connectivity index (χ0n) is 21.8. The molecule has 2 N–H and O–H groups in total. The van der Waals surface area contributed by atoms with Crippen molar-refractivity contribution in [2.75, 3.05) is 38.7 Å². The van der Waals surface area contributed by atoms with Crippen molar-refractivity contribution in [3.8, 4) is 0 Å². The van der Waals surface area contributed by atoms with E-state index in [0.717, 1.165) is 22.0 Å². The number of rotatable bonds is 12. The van der Waals surface area contributed by atoms with E-state index in [2.05, 4.69) is 10.3 Å². The molecule has 204 valence electrons. The second kappa shape index (κ2) is 13.8. The molecule has 0 aliphatic rings. The first-order valence-corrected chi connectivity index (χ1v) is 13.2. The number of urea groups is 1. The fourth-order valence-electron chi connectivity index (χ4n) is 4.35. The average molecular weight is 551 g/mol. The van der Waals surface area contributed by atoms with Crippen molar-refractivity contribution in [3.63, 3.8) is 0 Å². The summed E-state index contributed by atoms with van der Waals surface area (Å²) in [6, 6.07) is 20.5. The van der Waals surface area contributed by atoms with Crippen LogP contribution in [0.1, 0.15) is 17.5 Å². The molecule has 4 rings (SSSR count). The van der Waals surface area contributed by atoms with Crippen molar-refractivity contribution in [1.29, 1.82) is 0 Å². The fraction of sp³-hybridized carbons (Fsp3) is 0.267. The summed E-state index contributed by atoms with van der Waals surface area (Å²) < 4.78 is 18.7. The number of H-pyrrole nitrogens is 1. The smallest absolute Gasteiger partial charge is 0.322 e. The summed E-state index contributed by atoms with van der Waals surface area (Å²) in [5.41, 5.74) is 3.52. The van der Waals surface area contributed by atoms with Crippen molar-refractivity contribution >= 4 is 40.1 Å². The van der Waals surface area contributed by atoms with E-state index >= 15 is 0 Å². The van der Waals surface area contributed by atoms with E-state index in [4.69, 9.17) is 16.3 Å². The van der Waals surface area contributed by atoms with Crippen LogP contribution in [0.3, 0.4) is 0 Å². The first-order chi connectivity index (χ1) is 18.9. The predicted molar refractivity (Wildman–Crippen MR) is 152 cm³/mol. The Morgan fingerprint density at radius 3 is 2.46 bits per heavy atom. The molecule has 0 unspecified atom stereocenters. The maximum absolute atomic E-state index is 13.7. The van der Waals surface area contributed by atoms with Gasteiger partial charge in [-0.25, -0.2) is 9.18 Å². The van der Waals surface area contributed by atoms with E-state index < -0.39 is 0 Å². The number of halogens is 2. The third-order valence-electron chi connectivity index (χ3n) is 6.45. The van der Waals surface area contributed by atoms with Crippen LogP contribution in [0.15, 0.2) is 79.0 Å². The Labute approximate surface area is 232 Å². The monoisotopic (exact) mass is 550 g/mol. The molecule has 3 amide bonds. The lowest BCUT2D eigenvalue weighted by Gasteiger charge is -2.28. The number of aromatic amines is 1. The number of benzene rings is 3. The third kappa shape index (κ3) is 8.05. The molecule has 3 aromatic carbocycles. The highest BCUT2D eigenvalue weighted by atomic mass is 35.5. The predicted octanol–water partition coefficient (Wildman–Crippen LogP) is 6.10. The van der Waals surface area contributed by atoms with Gasteiger partial charge in [0.05, 0.1) is 0 Å². The van der Waals surface area contributed by atoms with Crippen LogP contribution >= 0.6 is 11.6 Å². The van der Waals surface area contributed by atoms with Crippen LogP contribution in [-0.2, 0) is 22.5 Å². The summed E-state index contributed by atoms with van der Waals surface area (Å²) in [6.45, 7) is 1.41. The van der Waals surface area contributed by atoms with Gasteiger partial charge in [0.15, 0.2) is 0 Å². The van der Waals surface area contributed by atoms with Crippen LogP contribution in [0, 0.1) is 5.82 Å². The maximum Gasteiger partial charge on any atom is 0.322 e. The fourth-order valence-corrected chi connectivity index (χ4v) is 4.47. The highest BCUT2D eigenvalue weighted by Crippen LogP contribution is 2.19. The van der Waals surface area contributed by atoms with Gasteiger partial charge in [-0.1, -0.05) is 41.9 Å². The van der Waals surface area contributed by atoms with Gasteiger partial charge < -0.3 is 24.8 Å². The topological polar surface area (TPSA) is 77.7 Å². The summed E-state index contributed by atoms with van der Waals surface area (Å²) in [4.78, 5) is 33.3.